The van der Waals surface area contributed by atoms with E-state index in [0.717, 1.165) is 0 Å². The largest absolute Gasteiger partial charge is 0.459 e. The molecule has 4 heteroatoms. The zero-order valence-corrected chi connectivity index (χ0v) is 9.83. The highest BCUT2D eigenvalue weighted by Gasteiger charge is 2.24. The van der Waals surface area contributed by atoms with Gasteiger partial charge in [0.1, 0.15) is 0 Å². The number of hydrogen-bond donors (Lipinski definition) is 0. The Balaban J connectivity index is 4.74. The summed E-state index contributed by atoms with van der Waals surface area (Å²) in [6.07, 6.45) is 2.82. The number of esters is 2. The van der Waals surface area contributed by atoms with Gasteiger partial charge in [0, 0.05) is 19.3 Å². The van der Waals surface area contributed by atoms with Crippen LogP contribution in [0.4, 0.5) is 0 Å². The highest BCUT2D eigenvalue weighted by Crippen LogP contribution is 2.17. The first kappa shape index (κ1) is 14.2. The highest BCUT2D eigenvalue weighted by atomic mass is 16.6. The first-order valence-corrected chi connectivity index (χ1v) is 4.85. The molecule has 0 radical (unpaired) electrons. The quantitative estimate of drug-likeness (QED) is 0.314. The monoisotopic (exact) mass is 224 g/mol. The van der Waals surface area contributed by atoms with Crippen molar-refractivity contribution in [2.24, 2.45) is 0 Å². The fourth-order valence-electron chi connectivity index (χ4n) is 1.07. The molecule has 0 aromatic carbocycles. The van der Waals surface area contributed by atoms with Gasteiger partial charge < -0.3 is 9.47 Å². The van der Waals surface area contributed by atoms with Crippen LogP contribution < -0.4 is 0 Å². The maximum absolute atomic E-state index is 10.9. The number of allylic oxidation sites excluding steroid dienone is 1. The predicted octanol–water partition coefficient (Wildman–Crippen LogP) is 1.45. The van der Waals surface area contributed by atoms with E-state index in [1.165, 1.54) is 14.0 Å². The zero-order chi connectivity index (χ0) is 12.6. The van der Waals surface area contributed by atoms with Crippen LogP contribution >= 0.6 is 0 Å². The normalized spacial score (nSPS) is 12.7. The van der Waals surface area contributed by atoms with Gasteiger partial charge in [-0.1, -0.05) is 6.08 Å². The average molecular weight is 224 g/mol. The van der Waals surface area contributed by atoms with Crippen LogP contribution in [0.1, 0.15) is 26.7 Å². The molecule has 1 unspecified atom stereocenters. The van der Waals surface area contributed by atoms with Gasteiger partial charge >= 0.3 is 11.9 Å². The summed E-state index contributed by atoms with van der Waals surface area (Å²) in [7, 11) is 1.24. The van der Waals surface area contributed by atoms with Crippen LogP contribution in [-0.2, 0) is 19.1 Å². The number of hydrogen-bond acceptors (Lipinski definition) is 4. The molecule has 0 heterocycles. The van der Waals surface area contributed by atoms with Crippen LogP contribution in [0.5, 0.6) is 0 Å². The van der Waals surface area contributed by atoms with Crippen molar-refractivity contribution in [3.8, 4) is 11.8 Å². The van der Waals surface area contributed by atoms with Crippen molar-refractivity contribution in [3.63, 3.8) is 0 Å². The number of carbonyl (C=O) groups excluding carboxylic acids is 2. The molecule has 0 N–H and O–H groups in total. The molecule has 0 aromatic heterocycles. The fraction of sp³-hybridized carbons (Fsp3) is 0.500. The number of carbonyl (C=O) groups is 2. The third-order valence-corrected chi connectivity index (χ3v) is 1.81. The van der Waals surface area contributed by atoms with Crippen molar-refractivity contribution >= 4 is 11.9 Å². The molecule has 4 nitrogen and oxygen atoms in total. The van der Waals surface area contributed by atoms with E-state index < -0.39 is 17.5 Å². The summed E-state index contributed by atoms with van der Waals surface area (Å²) in [6.45, 7) is 6.52. The Kier molecular flexibility index (Phi) is 5.94. The average Bonchev–Trinajstić information content (AvgIpc) is 2.22. The maximum Gasteiger partial charge on any atom is 0.384 e. The van der Waals surface area contributed by atoms with E-state index in [4.69, 9.17) is 4.74 Å². The number of rotatable bonds is 4. The van der Waals surface area contributed by atoms with Gasteiger partial charge in [0.05, 0.1) is 7.11 Å². The van der Waals surface area contributed by atoms with Gasteiger partial charge in [-0.3, -0.25) is 4.79 Å². The van der Waals surface area contributed by atoms with Crippen molar-refractivity contribution in [1.29, 1.82) is 0 Å². The van der Waals surface area contributed by atoms with Crippen molar-refractivity contribution in [1.82, 2.24) is 0 Å². The molecule has 0 amide bonds. The van der Waals surface area contributed by atoms with Crippen molar-refractivity contribution < 1.29 is 19.1 Å². The molecule has 0 rings (SSSR count). The van der Waals surface area contributed by atoms with E-state index in [2.05, 4.69) is 23.2 Å². The van der Waals surface area contributed by atoms with E-state index in [1.807, 2.05) is 0 Å². The van der Waals surface area contributed by atoms with E-state index in [0.29, 0.717) is 12.8 Å². The first-order valence-electron chi connectivity index (χ1n) is 4.85. The van der Waals surface area contributed by atoms with Crippen LogP contribution in [0.25, 0.3) is 0 Å². The van der Waals surface area contributed by atoms with E-state index in [1.54, 1.807) is 13.0 Å². The van der Waals surface area contributed by atoms with Crippen molar-refractivity contribution in [2.75, 3.05) is 7.11 Å². The summed E-state index contributed by atoms with van der Waals surface area (Å²) in [5.74, 6) is 3.77. The molecular formula is C12H16O4. The topological polar surface area (TPSA) is 52.6 Å². The number of methoxy groups -OCH3 is 1. The third-order valence-electron chi connectivity index (χ3n) is 1.81. The van der Waals surface area contributed by atoms with Gasteiger partial charge in [-0.05, 0) is 19.3 Å². The molecule has 1 atom stereocenters. The minimum atomic E-state index is -0.978. The van der Waals surface area contributed by atoms with Gasteiger partial charge in [0.2, 0.25) is 0 Å². The Bertz CT molecular complexity index is 335. The molecule has 0 bridgehead atoms. The zero-order valence-electron chi connectivity index (χ0n) is 9.83. The predicted molar refractivity (Wildman–Crippen MR) is 59.4 cm³/mol. The Hall–Kier alpha value is -1.76. The van der Waals surface area contributed by atoms with Gasteiger partial charge in [-0.2, -0.15) is 0 Å². The lowest BCUT2D eigenvalue weighted by atomic mass is 10.0. The van der Waals surface area contributed by atoms with Crippen LogP contribution in [0.15, 0.2) is 12.7 Å². The molecule has 0 saturated carbocycles. The van der Waals surface area contributed by atoms with Gasteiger partial charge in [0.15, 0.2) is 5.60 Å². The van der Waals surface area contributed by atoms with Crippen LogP contribution in [0, 0.1) is 11.8 Å². The molecule has 0 fully saturated rings. The SMILES string of the molecule is C=CCCC(C)(C#CC(=O)OC)OC(C)=O. The second-order valence-electron chi connectivity index (χ2n) is 3.39. The summed E-state index contributed by atoms with van der Waals surface area (Å²) >= 11 is 0. The fourth-order valence-corrected chi connectivity index (χ4v) is 1.07. The Morgan fingerprint density at radius 3 is 2.56 bits per heavy atom. The lowest BCUT2D eigenvalue weighted by molar-refractivity contribution is -0.150. The highest BCUT2D eigenvalue weighted by molar-refractivity contribution is 5.88. The van der Waals surface area contributed by atoms with Gasteiger partial charge in [-0.25, -0.2) is 4.79 Å². The molecule has 0 aliphatic heterocycles. The minimum absolute atomic E-state index is 0.439. The van der Waals surface area contributed by atoms with Crippen molar-refractivity contribution in [2.45, 2.75) is 32.3 Å². The van der Waals surface area contributed by atoms with E-state index >= 15 is 0 Å². The summed E-state index contributed by atoms with van der Waals surface area (Å²) in [5, 5.41) is 0. The third kappa shape index (κ3) is 5.86. The van der Waals surface area contributed by atoms with Crippen LogP contribution in [0.2, 0.25) is 0 Å². The number of ether oxygens (including phenoxy) is 2. The Morgan fingerprint density at radius 2 is 2.12 bits per heavy atom. The second-order valence-corrected chi connectivity index (χ2v) is 3.39. The minimum Gasteiger partial charge on any atom is -0.459 e. The Morgan fingerprint density at radius 1 is 1.50 bits per heavy atom. The van der Waals surface area contributed by atoms with Gasteiger partial charge in [-0.15, -0.1) is 6.58 Å². The summed E-state index contributed by atoms with van der Waals surface area (Å²) in [5.41, 5.74) is -0.978. The summed E-state index contributed by atoms with van der Waals surface area (Å²) in [6, 6.07) is 0. The lowest BCUT2D eigenvalue weighted by Crippen LogP contribution is -2.29. The Labute approximate surface area is 95.6 Å². The van der Waals surface area contributed by atoms with Crippen molar-refractivity contribution in [3.05, 3.63) is 12.7 Å². The smallest absolute Gasteiger partial charge is 0.384 e. The lowest BCUT2D eigenvalue weighted by Gasteiger charge is -2.22. The second kappa shape index (κ2) is 6.67. The molecular weight excluding hydrogens is 208 g/mol. The van der Waals surface area contributed by atoms with Gasteiger partial charge in [0.25, 0.3) is 0 Å². The van der Waals surface area contributed by atoms with Crippen LogP contribution in [0.3, 0.4) is 0 Å². The standard InChI is InChI=1S/C12H16O4/c1-5-6-8-12(3,16-10(2)13)9-7-11(14)15-4/h5H,1,6,8H2,2-4H3. The molecule has 88 valence electrons. The summed E-state index contributed by atoms with van der Waals surface area (Å²) < 4.78 is 9.45. The molecule has 0 saturated heterocycles. The maximum atomic E-state index is 10.9. The van der Waals surface area contributed by atoms with Crippen LogP contribution in [-0.4, -0.2) is 24.6 Å². The first-order chi connectivity index (χ1) is 7.43. The summed E-state index contributed by atoms with van der Waals surface area (Å²) in [4.78, 5) is 21.8. The van der Waals surface area contributed by atoms with E-state index in [-0.39, 0.29) is 0 Å². The molecule has 0 aliphatic rings. The molecule has 0 aliphatic carbocycles. The molecule has 0 spiro atoms. The van der Waals surface area contributed by atoms with E-state index in [9.17, 15) is 9.59 Å². The molecule has 0 aromatic rings. The molecule has 16 heavy (non-hydrogen) atoms.